The average molecular weight is 304 g/mol. The molecule has 1 aliphatic rings. The number of piperazine rings is 1. The van der Waals surface area contributed by atoms with Gasteiger partial charge in [-0.05, 0) is 19.9 Å². The van der Waals surface area contributed by atoms with E-state index in [2.05, 4.69) is 26.9 Å². The van der Waals surface area contributed by atoms with E-state index in [0.717, 1.165) is 31.7 Å². The van der Waals surface area contributed by atoms with Crippen LogP contribution in [-0.2, 0) is 6.54 Å². The highest BCUT2D eigenvalue weighted by atomic mass is 19.1. The molecule has 0 N–H and O–H groups in total. The number of benzene rings is 1. The second-order valence-electron chi connectivity index (χ2n) is 5.76. The molecule has 0 radical (unpaired) electrons. The lowest BCUT2D eigenvalue weighted by Crippen LogP contribution is -2.46. The van der Waals surface area contributed by atoms with Gasteiger partial charge < -0.3 is 4.52 Å². The number of hydrogen-bond donors (Lipinski definition) is 0. The van der Waals surface area contributed by atoms with E-state index in [0.29, 0.717) is 18.3 Å². The highest BCUT2D eigenvalue weighted by Gasteiger charge is 2.25. The van der Waals surface area contributed by atoms with Crippen LogP contribution in [0, 0.1) is 12.7 Å². The van der Waals surface area contributed by atoms with Crippen molar-refractivity contribution in [3.05, 3.63) is 47.4 Å². The minimum atomic E-state index is -0.125. The monoisotopic (exact) mass is 304 g/mol. The first-order chi connectivity index (χ1) is 10.6. The van der Waals surface area contributed by atoms with Crippen LogP contribution >= 0.6 is 0 Å². The van der Waals surface area contributed by atoms with E-state index in [9.17, 15) is 4.39 Å². The van der Waals surface area contributed by atoms with Crippen molar-refractivity contribution in [2.45, 2.75) is 26.4 Å². The summed E-state index contributed by atoms with van der Waals surface area (Å²) in [5, 5.41) is 3.85. The Bertz CT molecular complexity index is 622. The van der Waals surface area contributed by atoms with Crippen molar-refractivity contribution >= 4 is 0 Å². The van der Waals surface area contributed by atoms with Gasteiger partial charge in [0.2, 0.25) is 5.89 Å². The van der Waals surface area contributed by atoms with Crippen molar-refractivity contribution in [2.24, 2.45) is 0 Å². The zero-order valence-corrected chi connectivity index (χ0v) is 13.0. The molecule has 22 heavy (non-hydrogen) atoms. The fourth-order valence-electron chi connectivity index (χ4n) is 2.82. The topological polar surface area (TPSA) is 45.4 Å². The Morgan fingerprint density at radius 1 is 1.23 bits per heavy atom. The molecule has 1 unspecified atom stereocenters. The van der Waals surface area contributed by atoms with Gasteiger partial charge in [0, 0.05) is 38.3 Å². The van der Waals surface area contributed by atoms with Crippen molar-refractivity contribution in [2.75, 3.05) is 26.2 Å². The Labute approximate surface area is 129 Å². The van der Waals surface area contributed by atoms with Gasteiger partial charge in [0.1, 0.15) is 5.82 Å². The molecule has 0 saturated carbocycles. The summed E-state index contributed by atoms with van der Waals surface area (Å²) in [5.41, 5.74) is 0.761. The Kier molecular flexibility index (Phi) is 4.49. The number of nitrogens with zero attached hydrogens (tertiary/aromatic N) is 4. The summed E-state index contributed by atoms with van der Waals surface area (Å²) >= 11 is 0. The first kappa shape index (κ1) is 15.1. The van der Waals surface area contributed by atoms with E-state index < -0.39 is 0 Å². The molecule has 1 saturated heterocycles. The Morgan fingerprint density at radius 2 is 1.95 bits per heavy atom. The molecule has 118 valence electrons. The zero-order chi connectivity index (χ0) is 15.5. The molecular formula is C16H21FN4O. The fourth-order valence-corrected chi connectivity index (χ4v) is 2.82. The summed E-state index contributed by atoms with van der Waals surface area (Å²) in [6.07, 6.45) is 0. The van der Waals surface area contributed by atoms with Crippen molar-refractivity contribution in [3.63, 3.8) is 0 Å². The average Bonchev–Trinajstić information content (AvgIpc) is 2.96. The molecule has 1 aliphatic heterocycles. The third-order valence-electron chi connectivity index (χ3n) is 4.21. The molecule has 2 aromatic rings. The molecule has 0 amide bonds. The third-order valence-corrected chi connectivity index (χ3v) is 4.21. The third kappa shape index (κ3) is 3.34. The van der Waals surface area contributed by atoms with Gasteiger partial charge in [0.15, 0.2) is 5.82 Å². The van der Waals surface area contributed by atoms with Crippen LogP contribution in [-0.4, -0.2) is 46.1 Å². The molecule has 1 aromatic carbocycles. The van der Waals surface area contributed by atoms with Gasteiger partial charge in [-0.1, -0.05) is 23.4 Å². The van der Waals surface area contributed by atoms with E-state index >= 15 is 0 Å². The van der Waals surface area contributed by atoms with Gasteiger partial charge in [-0.25, -0.2) is 4.39 Å². The minimum Gasteiger partial charge on any atom is -0.338 e. The normalized spacial score (nSPS) is 18.5. The summed E-state index contributed by atoms with van der Waals surface area (Å²) in [7, 11) is 0. The number of rotatable bonds is 4. The predicted molar refractivity (Wildman–Crippen MR) is 80.7 cm³/mol. The van der Waals surface area contributed by atoms with Crippen LogP contribution in [0.2, 0.25) is 0 Å². The van der Waals surface area contributed by atoms with Gasteiger partial charge in [0.05, 0.1) is 6.04 Å². The lowest BCUT2D eigenvalue weighted by atomic mass is 10.1. The molecular weight excluding hydrogens is 283 g/mol. The first-order valence-corrected chi connectivity index (χ1v) is 7.63. The first-order valence-electron chi connectivity index (χ1n) is 7.63. The highest BCUT2D eigenvalue weighted by Crippen LogP contribution is 2.21. The van der Waals surface area contributed by atoms with Gasteiger partial charge in [-0.15, -0.1) is 0 Å². The standard InChI is InChI=1S/C16H21FN4O/c1-12(16-18-13(2)19-22-16)21-9-7-20(8-10-21)11-14-5-3-4-6-15(14)17/h3-6,12H,7-11H2,1-2H3. The lowest BCUT2D eigenvalue weighted by Gasteiger charge is -2.36. The van der Waals surface area contributed by atoms with Crippen molar-refractivity contribution in [1.29, 1.82) is 0 Å². The second kappa shape index (κ2) is 6.54. The molecule has 0 spiro atoms. The molecule has 2 heterocycles. The van der Waals surface area contributed by atoms with Crippen molar-refractivity contribution < 1.29 is 8.91 Å². The summed E-state index contributed by atoms with van der Waals surface area (Å²) in [4.78, 5) is 8.90. The molecule has 0 aliphatic carbocycles. The number of aromatic nitrogens is 2. The van der Waals surface area contributed by atoms with Crippen LogP contribution in [0.15, 0.2) is 28.8 Å². The molecule has 1 fully saturated rings. The molecule has 0 bridgehead atoms. The largest absolute Gasteiger partial charge is 0.338 e. The summed E-state index contributed by atoms with van der Waals surface area (Å²) in [5.74, 6) is 1.21. The van der Waals surface area contributed by atoms with E-state index in [1.165, 1.54) is 6.07 Å². The highest BCUT2D eigenvalue weighted by molar-refractivity contribution is 5.17. The number of halogens is 1. The Balaban J connectivity index is 1.55. The van der Waals surface area contributed by atoms with Crippen LogP contribution in [0.25, 0.3) is 0 Å². The fraction of sp³-hybridized carbons (Fsp3) is 0.500. The Morgan fingerprint density at radius 3 is 2.59 bits per heavy atom. The Hall–Kier alpha value is -1.79. The van der Waals surface area contributed by atoms with Gasteiger partial charge in [-0.3, -0.25) is 9.80 Å². The maximum absolute atomic E-state index is 13.7. The SMILES string of the molecule is Cc1noc(C(C)N2CCN(Cc3ccccc3F)CC2)n1. The van der Waals surface area contributed by atoms with E-state index in [1.807, 2.05) is 19.1 Å². The van der Waals surface area contributed by atoms with Crippen molar-refractivity contribution in [1.82, 2.24) is 19.9 Å². The van der Waals surface area contributed by atoms with Crippen LogP contribution in [0.4, 0.5) is 4.39 Å². The zero-order valence-electron chi connectivity index (χ0n) is 13.0. The summed E-state index contributed by atoms with van der Waals surface area (Å²) in [6.45, 7) is 8.21. The maximum Gasteiger partial charge on any atom is 0.243 e. The lowest BCUT2D eigenvalue weighted by molar-refractivity contribution is 0.0839. The van der Waals surface area contributed by atoms with Crippen LogP contribution < -0.4 is 0 Å². The smallest absolute Gasteiger partial charge is 0.243 e. The maximum atomic E-state index is 13.7. The number of aryl methyl sites for hydroxylation is 1. The van der Waals surface area contributed by atoms with Gasteiger partial charge >= 0.3 is 0 Å². The molecule has 1 atom stereocenters. The van der Waals surface area contributed by atoms with Crippen LogP contribution in [0.5, 0.6) is 0 Å². The molecule has 1 aromatic heterocycles. The number of hydrogen-bond acceptors (Lipinski definition) is 5. The second-order valence-corrected chi connectivity index (χ2v) is 5.76. The van der Waals surface area contributed by atoms with E-state index in [-0.39, 0.29) is 11.9 Å². The van der Waals surface area contributed by atoms with Crippen molar-refractivity contribution in [3.8, 4) is 0 Å². The summed E-state index contributed by atoms with van der Waals surface area (Å²) < 4.78 is 19.0. The van der Waals surface area contributed by atoms with Crippen LogP contribution in [0.3, 0.4) is 0 Å². The van der Waals surface area contributed by atoms with Crippen LogP contribution in [0.1, 0.15) is 30.2 Å². The minimum absolute atomic E-state index is 0.122. The van der Waals surface area contributed by atoms with Gasteiger partial charge in [-0.2, -0.15) is 4.98 Å². The summed E-state index contributed by atoms with van der Waals surface area (Å²) in [6, 6.07) is 7.10. The molecule has 6 heteroatoms. The quantitative estimate of drug-likeness (QED) is 0.868. The van der Waals surface area contributed by atoms with E-state index in [1.54, 1.807) is 6.07 Å². The molecule has 5 nitrogen and oxygen atoms in total. The van der Waals surface area contributed by atoms with E-state index in [4.69, 9.17) is 4.52 Å². The molecule has 3 rings (SSSR count). The predicted octanol–water partition coefficient (Wildman–Crippen LogP) is 2.40. The van der Waals surface area contributed by atoms with Gasteiger partial charge in [0.25, 0.3) is 0 Å².